The van der Waals surface area contributed by atoms with Crippen molar-refractivity contribution in [2.75, 3.05) is 6.54 Å². The SMILES string of the molecule is CCCC(C)(O)CNC1CCc2c(Br)cccc21. The van der Waals surface area contributed by atoms with Gasteiger partial charge in [0.2, 0.25) is 0 Å². The minimum absolute atomic E-state index is 0.390. The maximum atomic E-state index is 10.2. The van der Waals surface area contributed by atoms with Gasteiger partial charge in [-0.3, -0.25) is 0 Å². The van der Waals surface area contributed by atoms with E-state index in [0.717, 1.165) is 25.7 Å². The predicted octanol–water partition coefficient (Wildman–Crippen LogP) is 3.58. The monoisotopic (exact) mass is 311 g/mol. The van der Waals surface area contributed by atoms with Crippen molar-refractivity contribution in [3.05, 3.63) is 33.8 Å². The van der Waals surface area contributed by atoms with Crippen LogP contribution in [0.4, 0.5) is 0 Å². The van der Waals surface area contributed by atoms with Crippen LogP contribution in [0.25, 0.3) is 0 Å². The average Bonchev–Trinajstić information content (AvgIpc) is 2.71. The molecule has 18 heavy (non-hydrogen) atoms. The van der Waals surface area contributed by atoms with Gasteiger partial charge in [-0.15, -0.1) is 0 Å². The lowest BCUT2D eigenvalue weighted by Crippen LogP contribution is -2.38. The van der Waals surface area contributed by atoms with E-state index in [1.807, 2.05) is 6.92 Å². The van der Waals surface area contributed by atoms with E-state index < -0.39 is 5.60 Å². The molecular formula is C15H22BrNO. The third-order valence-electron chi connectivity index (χ3n) is 3.73. The van der Waals surface area contributed by atoms with Crippen LogP contribution in [0.2, 0.25) is 0 Å². The van der Waals surface area contributed by atoms with E-state index in [1.165, 1.54) is 15.6 Å². The van der Waals surface area contributed by atoms with Gasteiger partial charge in [0.1, 0.15) is 0 Å². The van der Waals surface area contributed by atoms with Crippen LogP contribution in [-0.2, 0) is 6.42 Å². The van der Waals surface area contributed by atoms with Crippen molar-refractivity contribution in [1.29, 1.82) is 0 Å². The fourth-order valence-electron chi connectivity index (χ4n) is 2.79. The molecule has 1 aliphatic carbocycles. The fourth-order valence-corrected chi connectivity index (χ4v) is 3.37. The first-order chi connectivity index (χ1) is 8.53. The highest BCUT2D eigenvalue weighted by molar-refractivity contribution is 9.10. The number of hydrogen-bond donors (Lipinski definition) is 2. The molecule has 0 saturated carbocycles. The van der Waals surface area contributed by atoms with Crippen molar-refractivity contribution in [3.8, 4) is 0 Å². The van der Waals surface area contributed by atoms with Gasteiger partial charge in [-0.25, -0.2) is 0 Å². The maximum Gasteiger partial charge on any atom is 0.0743 e. The predicted molar refractivity (Wildman–Crippen MR) is 78.7 cm³/mol. The van der Waals surface area contributed by atoms with Crippen molar-refractivity contribution < 1.29 is 5.11 Å². The number of fused-ring (bicyclic) bond motifs is 1. The highest BCUT2D eigenvalue weighted by Gasteiger charge is 2.26. The molecule has 1 aliphatic rings. The summed E-state index contributed by atoms with van der Waals surface area (Å²) in [4.78, 5) is 0. The molecule has 0 aromatic heterocycles. The Balaban J connectivity index is 2.00. The van der Waals surface area contributed by atoms with E-state index in [2.05, 4.69) is 46.4 Å². The Morgan fingerprint density at radius 1 is 1.50 bits per heavy atom. The lowest BCUT2D eigenvalue weighted by molar-refractivity contribution is 0.0471. The van der Waals surface area contributed by atoms with Crippen LogP contribution >= 0.6 is 15.9 Å². The summed E-state index contributed by atoms with van der Waals surface area (Å²) in [7, 11) is 0. The van der Waals surface area contributed by atoms with Gasteiger partial charge in [0.25, 0.3) is 0 Å². The van der Waals surface area contributed by atoms with Gasteiger partial charge >= 0.3 is 0 Å². The Labute approximate surface area is 118 Å². The molecule has 0 spiro atoms. The van der Waals surface area contributed by atoms with E-state index in [-0.39, 0.29) is 0 Å². The van der Waals surface area contributed by atoms with Gasteiger partial charge in [-0.1, -0.05) is 41.4 Å². The van der Waals surface area contributed by atoms with Gasteiger partial charge in [0.05, 0.1) is 5.60 Å². The lowest BCUT2D eigenvalue weighted by atomic mass is 9.99. The summed E-state index contributed by atoms with van der Waals surface area (Å²) in [6, 6.07) is 6.78. The summed E-state index contributed by atoms with van der Waals surface area (Å²) in [5.41, 5.74) is 2.21. The summed E-state index contributed by atoms with van der Waals surface area (Å²) in [6.07, 6.45) is 4.10. The molecule has 2 rings (SSSR count). The first-order valence-corrected chi connectivity index (χ1v) is 7.56. The van der Waals surface area contributed by atoms with Crippen molar-refractivity contribution in [1.82, 2.24) is 5.32 Å². The molecule has 0 amide bonds. The number of benzene rings is 1. The molecule has 100 valence electrons. The lowest BCUT2D eigenvalue weighted by Gasteiger charge is -2.25. The zero-order valence-electron chi connectivity index (χ0n) is 11.2. The molecule has 0 saturated heterocycles. The Kier molecular flexibility index (Phi) is 4.46. The smallest absolute Gasteiger partial charge is 0.0743 e. The van der Waals surface area contributed by atoms with Crippen molar-refractivity contribution in [3.63, 3.8) is 0 Å². The quantitative estimate of drug-likeness (QED) is 0.871. The maximum absolute atomic E-state index is 10.2. The van der Waals surface area contributed by atoms with E-state index in [0.29, 0.717) is 12.6 Å². The molecule has 2 nitrogen and oxygen atoms in total. The van der Waals surface area contributed by atoms with E-state index in [9.17, 15) is 5.11 Å². The molecule has 0 heterocycles. The highest BCUT2D eigenvalue weighted by atomic mass is 79.9. The third kappa shape index (κ3) is 3.14. The first-order valence-electron chi connectivity index (χ1n) is 6.76. The van der Waals surface area contributed by atoms with Gasteiger partial charge in [-0.2, -0.15) is 0 Å². The Morgan fingerprint density at radius 3 is 3.00 bits per heavy atom. The van der Waals surface area contributed by atoms with E-state index >= 15 is 0 Å². The topological polar surface area (TPSA) is 32.3 Å². The second-order valence-electron chi connectivity index (χ2n) is 5.53. The number of aliphatic hydroxyl groups is 1. The largest absolute Gasteiger partial charge is 0.389 e. The summed E-state index contributed by atoms with van der Waals surface area (Å²) < 4.78 is 1.21. The van der Waals surface area contributed by atoms with Crippen molar-refractivity contribution >= 4 is 15.9 Å². The molecule has 2 unspecified atom stereocenters. The highest BCUT2D eigenvalue weighted by Crippen LogP contribution is 2.35. The molecule has 2 N–H and O–H groups in total. The van der Waals surface area contributed by atoms with E-state index in [4.69, 9.17) is 0 Å². The zero-order chi connectivity index (χ0) is 13.2. The molecule has 0 bridgehead atoms. The van der Waals surface area contributed by atoms with Gasteiger partial charge in [0.15, 0.2) is 0 Å². The van der Waals surface area contributed by atoms with Crippen LogP contribution in [0.1, 0.15) is 50.3 Å². The molecule has 1 aromatic carbocycles. The van der Waals surface area contributed by atoms with Gasteiger partial charge in [0, 0.05) is 17.1 Å². The van der Waals surface area contributed by atoms with Crippen molar-refractivity contribution in [2.45, 2.75) is 51.2 Å². The van der Waals surface area contributed by atoms with Crippen LogP contribution < -0.4 is 5.32 Å². The molecule has 0 radical (unpaired) electrons. The zero-order valence-corrected chi connectivity index (χ0v) is 12.8. The molecule has 3 heteroatoms. The van der Waals surface area contributed by atoms with Crippen LogP contribution in [-0.4, -0.2) is 17.3 Å². The first kappa shape index (κ1) is 14.0. The standard InChI is InChI=1S/C15H22BrNO/c1-3-9-15(2,18)10-17-14-8-7-11-12(14)5-4-6-13(11)16/h4-6,14,17-18H,3,7-10H2,1-2H3. The van der Waals surface area contributed by atoms with Crippen LogP contribution in [0.5, 0.6) is 0 Å². The normalized spacial score (nSPS) is 21.7. The summed E-state index contributed by atoms with van der Waals surface area (Å²) in [6.45, 7) is 4.69. The molecule has 0 aliphatic heterocycles. The molecular weight excluding hydrogens is 290 g/mol. The van der Waals surface area contributed by atoms with Crippen molar-refractivity contribution in [2.24, 2.45) is 0 Å². The number of nitrogens with one attached hydrogen (secondary N) is 1. The van der Waals surface area contributed by atoms with Crippen LogP contribution in [0.15, 0.2) is 22.7 Å². The minimum Gasteiger partial charge on any atom is -0.389 e. The summed E-state index contributed by atoms with van der Waals surface area (Å²) in [5.74, 6) is 0. The second-order valence-corrected chi connectivity index (χ2v) is 6.38. The molecule has 0 fully saturated rings. The van der Waals surface area contributed by atoms with Gasteiger partial charge < -0.3 is 10.4 Å². The number of halogens is 1. The average molecular weight is 312 g/mol. The molecule has 1 aromatic rings. The third-order valence-corrected chi connectivity index (χ3v) is 4.47. The Bertz CT molecular complexity index is 417. The Hall–Kier alpha value is -0.380. The fraction of sp³-hybridized carbons (Fsp3) is 0.600. The Morgan fingerprint density at radius 2 is 2.28 bits per heavy atom. The van der Waals surface area contributed by atoms with Crippen LogP contribution in [0, 0.1) is 0 Å². The molecule has 2 atom stereocenters. The minimum atomic E-state index is -0.594. The van der Waals surface area contributed by atoms with Gasteiger partial charge in [-0.05, 0) is 43.4 Å². The number of rotatable bonds is 5. The summed E-state index contributed by atoms with van der Waals surface area (Å²) >= 11 is 3.61. The summed E-state index contributed by atoms with van der Waals surface area (Å²) in [5, 5.41) is 13.7. The second kappa shape index (κ2) is 5.72. The van der Waals surface area contributed by atoms with E-state index in [1.54, 1.807) is 0 Å². The number of hydrogen-bond acceptors (Lipinski definition) is 2. The van der Waals surface area contributed by atoms with Crippen LogP contribution in [0.3, 0.4) is 0 Å².